The highest BCUT2D eigenvalue weighted by Crippen LogP contribution is 2.42. The van der Waals surface area contributed by atoms with E-state index in [9.17, 15) is 0 Å². The van der Waals surface area contributed by atoms with E-state index in [1.807, 2.05) is 22.7 Å². The van der Waals surface area contributed by atoms with Gasteiger partial charge in [-0.25, -0.2) is 9.97 Å². The van der Waals surface area contributed by atoms with E-state index in [4.69, 9.17) is 9.97 Å². The highest BCUT2D eigenvalue weighted by Gasteiger charge is 2.21. The summed E-state index contributed by atoms with van der Waals surface area (Å²) in [6.45, 7) is 0. The van der Waals surface area contributed by atoms with Gasteiger partial charge in [-0.15, -0.1) is 22.7 Å². The Morgan fingerprint density at radius 1 is 0.220 bits per heavy atom. The van der Waals surface area contributed by atoms with Crippen LogP contribution >= 0.6 is 22.7 Å². The molecule has 4 nitrogen and oxygen atoms in total. The fraction of sp³-hybridized carbons (Fsp3) is 0. The molecule has 0 fully saturated rings. The average molecular weight is 1080 g/mol. The van der Waals surface area contributed by atoms with Crippen LogP contribution in [0.15, 0.2) is 279 Å². The molecule has 12 aromatic carbocycles. The maximum absolute atomic E-state index is 5.61. The van der Waals surface area contributed by atoms with Crippen molar-refractivity contribution in [2.24, 2.45) is 0 Å². The lowest BCUT2D eigenvalue weighted by Crippen LogP contribution is -2.04. The van der Waals surface area contributed by atoms with E-state index in [1.165, 1.54) is 84.5 Å². The zero-order valence-electron chi connectivity index (χ0n) is 44.2. The smallest absolute Gasteiger partial charge is 0.235 e. The van der Waals surface area contributed by atoms with Crippen molar-refractivity contribution in [2.75, 3.05) is 0 Å². The molecule has 0 spiro atoms. The number of fused-ring (bicyclic) bond motifs is 12. The van der Waals surface area contributed by atoms with Crippen LogP contribution in [-0.2, 0) is 0 Å². The molecule has 0 aliphatic heterocycles. The van der Waals surface area contributed by atoms with Crippen LogP contribution in [-0.4, -0.2) is 19.1 Å². The summed E-state index contributed by atoms with van der Waals surface area (Å²) in [6, 6.07) is 102. The number of hydrogen-bond donors (Lipinski definition) is 0. The van der Waals surface area contributed by atoms with Gasteiger partial charge in [0.15, 0.2) is 0 Å². The molecule has 17 rings (SSSR count). The van der Waals surface area contributed by atoms with Gasteiger partial charge >= 0.3 is 0 Å². The lowest BCUT2D eigenvalue weighted by atomic mass is 9.97. The van der Waals surface area contributed by atoms with Gasteiger partial charge in [-0.1, -0.05) is 176 Å². The average Bonchev–Trinajstić information content (AvgIpc) is 4.48. The van der Waals surface area contributed by atoms with E-state index < -0.39 is 0 Å². The molecule has 0 unspecified atom stereocenters. The molecule has 0 aliphatic carbocycles. The van der Waals surface area contributed by atoms with Crippen LogP contribution in [0, 0.1) is 0 Å². The third kappa shape index (κ3) is 7.64. The Morgan fingerprint density at radius 3 is 1.18 bits per heavy atom. The van der Waals surface area contributed by atoms with Crippen molar-refractivity contribution < 1.29 is 0 Å². The van der Waals surface area contributed by atoms with Crippen LogP contribution in [0.1, 0.15) is 0 Å². The standard InChI is InChI=1S/C76H46N4S2/c1-2-15-47(16-3-1)48-17-12-18-49(39-48)50-19-13-20-55(40-50)66-46-67(78-76(77-66)80-69-28-9-5-24-59(69)63-43-52(32-36-71(63)80)54-34-38-75-65(45-54)61-26-7-11-30-73(61)82-75)56-21-14-22-57(41-56)79-68-27-8-4-23-58(68)62-42-51(31-35-70(62)79)53-33-37-74-64(44-53)60-25-6-10-29-72(60)81-74/h1-46H. The number of para-hydroxylation sites is 2. The third-order valence-electron chi connectivity index (χ3n) is 16.5. The van der Waals surface area contributed by atoms with Gasteiger partial charge in [0.2, 0.25) is 5.95 Å². The van der Waals surface area contributed by atoms with E-state index in [2.05, 4.69) is 288 Å². The first-order valence-electron chi connectivity index (χ1n) is 27.8. The molecule has 382 valence electrons. The molecule has 0 aliphatic rings. The minimum Gasteiger partial charge on any atom is -0.309 e. The van der Waals surface area contributed by atoms with Gasteiger partial charge in [0.05, 0.1) is 33.5 Å². The molecule has 0 radical (unpaired) electrons. The van der Waals surface area contributed by atoms with Gasteiger partial charge in [-0.05, 0) is 148 Å². The molecule has 0 saturated carbocycles. The third-order valence-corrected chi connectivity index (χ3v) is 18.8. The summed E-state index contributed by atoms with van der Waals surface area (Å²) in [7, 11) is 0. The summed E-state index contributed by atoms with van der Waals surface area (Å²) in [5.74, 6) is 0.609. The molecule has 17 aromatic rings. The topological polar surface area (TPSA) is 35.6 Å². The summed E-state index contributed by atoms with van der Waals surface area (Å²) >= 11 is 3.71. The maximum atomic E-state index is 5.61. The molecule has 6 heteroatoms. The minimum absolute atomic E-state index is 0.609. The Hall–Kier alpha value is -10.2. The van der Waals surface area contributed by atoms with Crippen LogP contribution in [0.3, 0.4) is 0 Å². The molecule has 0 amide bonds. The van der Waals surface area contributed by atoms with Crippen molar-refractivity contribution >= 4 is 107 Å². The Kier molecular flexibility index (Phi) is 10.6. The van der Waals surface area contributed by atoms with E-state index in [1.54, 1.807) is 0 Å². The van der Waals surface area contributed by atoms with Crippen LogP contribution in [0.2, 0.25) is 0 Å². The highest BCUT2D eigenvalue weighted by atomic mass is 32.1. The first-order chi connectivity index (χ1) is 40.6. The Labute approximate surface area is 480 Å². The Balaban J connectivity index is 0.826. The molecular formula is C76H46N4S2. The molecule has 0 saturated heterocycles. The number of aromatic nitrogens is 4. The van der Waals surface area contributed by atoms with Gasteiger partial charge in [0.1, 0.15) is 0 Å². The van der Waals surface area contributed by atoms with Gasteiger partial charge in [-0.2, -0.15) is 0 Å². The van der Waals surface area contributed by atoms with Gasteiger partial charge in [0, 0.05) is 78.7 Å². The quantitative estimate of drug-likeness (QED) is 0.152. The number of nitrogens with zero attached hydrogens (tertiary/aromatic N) is 4. The monoisotopic (exact) mass is 1080 g/mol. The normalized spacial score (nSPS) is 11.9. The van der Waals surface area contributed by atoms with E-state index >= 15 is 0 Å². The number of rotatable bonds is 8. The molecule has 0 N–H and O–H groups in total. The fourth-order valence-electron chi connectivity index (χ4n) is 12.6. The fourth-order valence-corrected chi connectivity index (χ4v) is 14.8. The second-order valence-electron chi connectivity index (χ2n) is 21.3. The van der Waals surface area contributed by atoms with Crippen LogP contribution in [0.4, 0.5) is 0 Å². The SMILES string of the molecule is c1ccc(-c2cccc(-c3cccc(-c4cc(-c5cccc(-n6c7ccccc7c7cc(-c8ccc9sc%10ccccc%10c9c8)ccc76)c5)nc(-n5c6ccccc6c6cc(-c7ccc8sc9ccccc9c8c7)ccc65)n4)c3)c2)cc1. The van der Waals surface area contributed by atoms with E-state index in [0.29, 0.717) is 5.95 Å². The number of thiophene rings is 2. The predicted molar refractivity (Wildman–Crippen MR) is 349 cm³/mol. The van der Waals surface area contributed by atoms with Crippen LogP contribution < -0.4 is 0 Å². The lowest BCUT2D eigenvalue weighted by molar-refractivity contribution is 0.995. The van der Waals surface area contributed by atoms with Crippen molar-refractivity contribution in [3.63, 3.8) is 0 Å². The lowest BCUT2D eigenvalue weighted by Gasteiger charge is -2.14. The first-order valence-corrected chi connectivity index (χ1v) is 29.4. The van der Waals surface area contributed by atoms with Crippen LogP contribution in [0.25, 0.3) is 163 Å². The largest absolute Gasteiger partial charge is 0.309 e. The molecule has 0 bridgehead atoms. The summed E-state index contributed by atoms with van der Waals surface area (Å²) in [5, 5.41) is 9.92. The number of hydrogen-bond acceptors (Lipinski definition) is 4. The minimum atomic E-state index is 0.609. The second-order valence-corrected chi connectivity index (χ2v) is 23.5. The van der Waals surface area contributed by atoms with Crippen molar-refractivity contribution in [3.8, 4) is 78.7 Å². The number of benzene rings is 12. The van der Waals surface area contributed by atoms with Crippen LogP contribution in [0.5, 0.6) is 0 Å². The van der Waals surface area contributed by atoms with Gasteiger partial charge < -0.3 is 4.57 Å². The predicted octanol–water partition coefficient (Wildman–Crippen LogP) is 21.4. The summed E-state index contributed by atoms with van der Waals surface area (Å²) in [5.41, 5.74) is 18.5. The molecular weight excluding hydrogens is 1030 g/mol. The second kappa shape index (κ2) is 18.7. The van der Waals surface area contributed by atoms with Gasteiger partial charge in [0.25, 0.3) is 0 Å². The Bertz CT molecular complexity index is 5430. The summed E-state index contributed by atoms with van der Waals surface area (Å²) < 4.78 is 9.91. The summed E-state index contributed by atoms with van der Waals surface area (Å²) in [4.78, 5) is 11.2. The summed E-state index contributed by atoms with van der Waals surface area (Å²) in [6.07, 6.45) is 0. The van der Waals surface area contributed by atoms with Crippen molar-refractivity contribution in [1.29, 1.82) is 0 Å². The molecule has 5 heterocycles. The highest BCUT2D eigenvalue weighted by molar-refractivity contribution is 7.26. The first kappa shape index (κ1) is 46.7. The van der Waals surface area contributed by atoms with E-state index in [-0.39, 0.29) is 0 Å². The van der Waals surface area contributed by atoms with Crippen molar-refractivity contribution in [3.05, 3.63) is 279 Å². The van der Waals surface area contributed by atoms with Gasteiger partial charge in [-0.3, -0.25) is 4.57 Å². The zero-order chi connectivity index (χ0) is 53.8. The molecule has 0 atom stereocenters. The van der Waals surface area contributed by atoms with Crippen molar-refractivity contribution in [1.82, 2.24) is 19.1 Å². The maximum Gasteiger partial charge on any atom is 0.235 e. The van der Waals surface area contributed by atoms with E-state index in [0.717, 1.165) is 72.2 Å². The molecule has 5 aromatic heterocycles. The Morgan fingerprint density at radius 2 is 0.598 bits per heavy atom. The molecule has 82 heavy (non-hydrogen) atoms. The van der Waals surface area contributed by atoms with Crippen molar-refractivity contribution in [2.45, 2.75) is 0 Å². The zero-order valence-corrected chi connectivity index (χ0v) is 45.8.